The summed E-state index contributed by atoms with van der Waals surface area (Å²) in [6, 6.07) is 0. The molecule has 0 radical (unpaired) electrons. The van der Waals surface area contributed by atoms with Gasteiger partial charge in [-0.1, -0.05) is 0 Å². The maximum absolute atomic E-state index is 13.4. The van der Waals surface area contributed by atoms with E-state index in [2.05, 4.69) is 14.5 Å². The summed E-state index contributed by atoms with van der Waals surface area (Å²) in [4.78, 5) is 6.51. The number of hydrogen-bond donors (Lipinski definition) is 0. The van der Waals surface area contributed by atoms with Gasteiger partial charge in [0.25, 0.3) is 6.29 Å². The highest BCUT2D eigenvalue weighted by molar-refractivity contribution is 5.15. The molecule has 1 aliphatic heterocycles. The summed E-state index contributed by atoms with van der Waals surface area (Å²) >= 11 is 0. The second kappa shape index (κ2) is 6.84. The van der Waals surface area contributed by atoms with Gasteiger partial charge >= 0.3 is 47.6 Å². The predicted octanol–water partition coefficient (Wildman–Crippen LogP) is 5.26. The Morgan fingerprint density at radius 1 is 0.467 bits per heavy atom. The minimum Gasteiger partial charge on any atom is -0.315 e. The van der Waals surface area contributed by atoms with Crippen molar-refractivity contribution in [1.82, 2.24) is 0 Å². The summed E-state index contributed by atoms with van der Waals surface area (Å²) in [7, 11) is 0. The zero-order valence-corrected chi connectivity index (χ0v) is 12.9. The van der Waals surface area contributed by atoms with E-state index in [4.69, 9.17) is 0 Å². The minimum atomic E-state index is -8.67. The van der Waals surface area contributed by atoms with Crippen LogP contribution in [-0.4, -0.2) is 60.7 Å². The van der Waals surface area contributed by atoms with Crippen LogP contribution in [0.4, 0.5) is 74.6 Å². The number of hydrogen-bond acceptors (Lipinski definition) is 3. The van der Waals surface area contributed by atoms with E-state index < -0.39 is 60.7 Å². The largest absolute Gasteiger partial charge is 0.460 e. The smallest absolute Gasteiger partial charge is 0.315 e. The first kappa shape index (κ1) is 26.7. The molecular formula is C10H3F17O3. The van der Waals surface area contributed by atoms with E-state index >= 15 is 0 Å². The molecular weight excluding hydrogens is 491 g/mol. The van der Waals surface area contributed by atoms with Gasteiger partial charge in [0, 0.05) is 0 Å². The average molecular weight is 494 g/mol. The van der Waals surface area contributed by atoms with Crippen molar-refractivity contribution in [2.24, 2.45) is 0 Å². The molecule has 1 heterocycles. The molecule has 1 aliphatic rings. The molecule has 0 N–H and O–H groups in total. The monoisotopic (exact) mass is 494 g/mol. The second-order valence-electron chi connectivity index (χ2n) is 5.40. The van der Waals surface area contributed by atoms with Crippen LogP contribution in [0.2, 0.25) is 0 Å². The first-order chi connectivity index (χ1) is 12.9. The quantitative estimate of drug-likeness (QED) is 0.358. The molecule has 1 fully saturated rings. The van der Waals surface area contributed by atoms with E-state index in [1.165, 1.54) is 0 Å². The highest BCUT2D eigenvalue weighted by Crippen LogP contribution is 2.64. The lowest BCUT2D eigenvalue weighted by Gasteiger charge is -2.43. The van der Waals surface area contributed by atoms with Crippen molar-refractivity contribution in [3.8, 4) is 0 Å². The summed E-state index contributed by atoms with van der Waals surface area (Å²) in [6.07, 6.45) is -11.8. The van der Waals surface area contributed by atoms with Crippen LogP contribution in [0.5, 0.6) is 0 Å². The lowest BCUT2D eigenvalue weighted by molar-refractivity contribution is -0.470. The van der Waals surface area contributed by atoms with Crippen molar-refractivity contribution in [2.75, 3.05) is 6.79 Å². The average Bonchev–Trinajstić information content (AvgIpc) is 3.07. The van der Waals surface area contributed by atoms with Gasteiger partial charge in [0.05, 0.1) is 0 Å². The van der Waals surface area contributed by atoms with Gasteiger partial charge in [0.15, 0.2) is 6.79 Å². The molecule has 1 saturated heterocycles. The van der Waals surface area contributed by atoms with Crippen molar-refractivity contribution in [3.05, 3.63) is 0 Å². The molecule has 1 rings (SSSR count). The van der Waals surface area contributed by atoms with Crippen LogP contribution in [-0.2, 0) is 14.5 Å². The highest BCUT2D eigenvalue weighted by atomic mass is 19.4. The molecule has 30 heavy (non-hydrogen) atoms. The van der Waals surface area contributed by atoms with Gasteiger partial charge in [0.1, 0.15) is 0 Å². The molecule has 3 nitrogen and oxygen atoms in total. The summed E-state index contributed by atoms with van der Waals surface area (Å²) in [5, 5.41) is 0. The van der Waals surface area contributed by atoms with E-state index in [1.54, 1.807) is 0 Å². The topological polar surface area (TPSA) is 27.7 Å². The van der Waals surface area contributed by atoms with E-state index in [-0.39, 0.29) is 0 Å². The maximum Gasteiger partial charge on any atom is 0.460 e. The maximum atomic E-state index is 13.4. The Bertz CT molecular complexity index is 632. The van der Waals surface area contributed by atoms with Gasteiger partial charge in [-0.05, 0) is 0 Å². The lowest BCUT2D eigenvalue weighted by Crippen LogP contribution is -2.75. The molecule has 1 atom stereocenters. The summed E-state index contributed by atoms with van der Waals surface area (Å²) in [6.45, 7) is -1.54. The highest BCUT2D eigenvalue weighted by Gasteiger charge is 2.95. The molecule has 0 saturated carbocycles. The van der Waals surface area contributed by atoms with Gasteiger partial charge in [-0.25, -0.2) is 4.89 Å². The molecule has 0 aromatic carbocycles. The Morgan fingerprint density at radius 3 is 1.10 bits per heavy atom. The fraction of sp³-hybridized carbons (Fsp3) is 1.00. The first-order valence-electron chi connectivity index (χ1n) is 6.47. The third-order valence-corrected chi connectivity index (χ3v) is 3.47. The van der Waals surface area contributed by atoms with E-state index in [0.29, 0.717) is 0 Å². The summed E-state index contributed by atoms with van der Waals surface area (Å²) in [5.74, 6) is -57.1. The molecule has 0 amide bonds. The molecule has 180 valence electrons. The number of ether oxygens (including phenoxy) is 1. The van der Waals surface area contributed by atoms with E-state index in [0.717, 1.165) is 0 Å². The van der Waals surface area contributed by atoms with Crippen LogP contribution in [0, 0.1) is 0 Å². The van der Waals surface area contributed by atoms with Gasteiger partial charge < -0.3 is 4.74 Å². The first-order valence-corrected chi connectivity index (χ1v) is 6.47. The zero-order valence-electron chi connectivity index (χ0n) is 12.9. The van der Waals surface area contributed by atoms with E-state index in [1.807, 2.05) is 0 Å². The number of alkyl halides is 17. The van der Waals surface area contributed by atoms with Crippen LogP contribution in [0.3, 0.4) is 0 Å². The van der Waals surface area contributed by atoms with Crippen LogP contribution in [0.15, 0.2) is 0 Å². The molecule has 0 aliphatic carbocycles. The lowest BCUT2D eigenvalue weighted by atomic mass is 9.89. The molecule has 1 unspecified atom stereocenters. The second-order valence-corrected chi connectivity index (χ2v) is 5.40. The third kappa shape index (κ3) is 3.16. The normalized spacial score (nSPS) is 21.3. The van der Waals surface area contributed by atoms with Gasteiger partial charge in [-0.15, -0.1) is 0 Å². The van der Waals surface area contributed by atoms with Gasteiger partial charge in [0.2, 0.25) is 0 Å². The van der Waals surface area contributed by atoms with Crippen LogP contribution in [0.1, 0.15) is 0 Å². The Morgan fingerprint density at radius 2 is 0.800 bits per heavy atom. The van der Waals surface area contributed by atoms with Crippen molar-refractivity contribution < 1.29 is 89.1 Å². The molecule has 0 spiro atoms. The van der Waals surface area contributed by atoms with Crippen molar-refractivity contribution in [1.29, 1.82) is 0 Å². The molecule has 0 aromatic heterocycles. The molecule has 0 aromatic rings. The van der Waals surface area contributed by atoms with Crippen molar-refractivity contribution in [3.63, 3.8) is 0 Å². The summed E-state index contributed by atoms with van der Waals surface area (Å²) in [5.41, 5.74) is 0. The Hall–Kier alpha value is -1.31. The number of halogens is 17. The van der Waals surface area contributed by atoms with Crippen molar-refractivity contribution >= 4 is 0 Å². The fourth-order valence-corrected chi connectivity index (χ4v) is 1.70. The van der Waals surface area contributed by atoms with E-state index in [9.17, 15) is 74.6 Å². The predicted molar refractivity (Wildman–Crippen MR) is 52.6 cm³/mol. The SMILES string of the molecule is FC(F)(F)C(F)(F)C(F)(F)C(F)(F)C(F)(F)C(F)(F)C(F)(F)C(F)(F)C1OCOO1. The minimum absolute atomic E-state index is 1.54. The summed E-state index contributed by atoms with van der Waals surface area (Å²) < 4.78 is 223. The molecule has 20 heteroatoms. The number of rotatable bonds is 7. The Balaban J connectivity index is 3.58. The standard InChI is InChI=1S/C10H3F17O3/c11-3(12,2-28-1-29-30-2)4(13,14)5(15,16)6(17,18)7(19,20)8(21,22)9(23,24)10(25,26)27/h2H,1H2. The zero-order chi connectivity index (χ0) is 24.4. The van der Waals surface area contributed by atoms with Crippen LogP contribution >= 0.6 is 0 Å². The fourth-order valence-electron chi connectivity index (χ4n) is 1.70. The van der Waals surface area contributed by atoms with Gasteiger partial charge in [-0.3, -0.25) is 0 Å². The Labute approximate surface area is 151 Å². The van der Waals surface area contributed by atoms with Gasteiger partial charge in [-0.2, -0.15) is 79.5 Å². The van der Waals surface area contributed by atoms with Crippen LogP contribution in [0.25, 0.3) is 0 Å². The molecule has 0 bridgehead atoms. The van der Waals surface area contributed by atoms with Crippen molar-refractivity contribution in [2.45, 2.75) is 53.9 Å². The third-order valence-electron chi connectivity index (χ3n) is 3.47. The Kier molecular flexibility index (Phi) is 6.10. The van der Waals surface area contributed by atoms with Crippen LogP contribution < -0.4 is 0 Å².